The van der Waals surface area contributed by atoms with Crippen molar-refractivity contribution in [2.75, 3.05) is 6.54 Å². The zero-order valence-corrected chi connectivity index (χ0v) is 21.6. The van der Waals surface area contributed by atoms with Gasteiger partial charge in [-0.3, -0.25) is 14.4 Å². The molecule has 1 aromatic heterocycles. The Kier molecular flexibility index (Phi) is 8.30. The van der Waals surface area contributed by atoms with E-state index < -0.39 is 23.6 Å². The van der Waals surface area contributed by atoms with E-state index in [0.717, 1.165) is 16.0 Å². The first kappa shape index (κ1) is 26.8. The normalized spacial score (nSPS) is 19.8. The molecular weight excluding hydrogens is 468 g/mol. The Morgan fingerprint density at radius 3 is 2.43 bits per heavy atom. The number of benzene rings is 1. The van der Waals surface area contributed by atoms with Crippen molar-refractivity contribution in [2.45, 2.75) is 71.9 Å². The van der Waals surface area contributed by atoms with E-state index >= 15 is 0 Å². The smallest absolute Gasteiger partial charge is 0.246 e. The summed E-state index contributed by atoms with van der Waals surface area (Å²) in [5.41, 5.74) is 3.55. The minimum atomic E-state index is -0.831. The highest BCUT2D eigenvalue weighted by molar-refractivity contribution is 7.13. The molecule has 1 aliphatic heterocycles. The molecule has 4 atom stereocenters. The summed E-state index contributed by atoms with van der Waals surface area (Å²) < 4.78 is 0. The number of likely N-dealkylation sites (tertiary alicyclic amines) is 1. The molecule has 0 spiro atoms. The number of β-amino-alcohol motifs (C(OH)–C–C–N with tert-alkyl or cyclic N) is 1. The molecule has 2 heterocycles. The zero-order chi connectivity index (χ0) is 25.9. The molecule has 0 unspecified atom stereocenters. The van der Waals surface area contributed by atoms with Crippen molar-refractivity contribution in [3.63, 3.8) is 0 Å². The van der Waals surface area contributed by atoms with Gasteiger partial charge < -0.3 is 25.7 Å². The lowest BCUT2D eigenvalue weighted by Crippen LogP contribution is -2.57. The molecular formula is C25H34N4O5S. The van der Waals surface area contributed by atoms with Gasteiger partial charge in [0.2, 0.25) is 17.7 Å². The molecule has 1 aliphatic rings. The molecule has 1 fully saturated rings. The third-order valence-corrected chi connectivity index (χ3v) is 7.07. The number of aliphatic hydroxyl groups excluding tert-OH is 2. The van der Waals surface area contributed by atoms with Gasteiger partial charge in [0.1, 0.15) is 12.1 Å². The summed E-state index contributed by atoms with van der Waals surface area (Å²) in [6.07, 6.45) is -0.683. The number of nitrogens with one attached hydrogen (secondary N) is 2. The largest absolute Gasteiger partial charge is 0.391 e. The van der Waals surface area contributed by atoms with Crippen LogP contribution in [-0.2, 0) is 21.0 Å². The quantitative estimate of drug-likeness (QED) is 0.458. The Morgan fingerprint density at radius 2 is 1.86 bits per heavy atom. The molecule has 4 N–H and O–H groups in total. The molecule has 0 bridgehead atoms. The van der Waals surface area contributed by atoms with E-state index in [0.29, 0.717) is 5.69 Å². The summed E-state index contributed by atoms with van der Waals surface area (Å²) in [4.78, 5) is 44.7. The highest BCUT2D eigenvalue weighted by Crippen LogP contribution is 2.30. The fourth-order valence-corrected chi connectivity index (χ4v) is 5.07. The lowest BCUT2D eigenvalue weighted by molar-refractivity contribution is -0.144. The predicted molar refractivity (Wildman–Crippen MR) is 133 cm³/mol. The highest BCUT2D eigenvalue weighted by Gasteiger charge is 2.44. The van der Waals surface area contributed by atoms with Crippen LogP contribution in [0, 0.1) is 5.41 Å². The van der Waals surface area contributed by atoms with Crippen molar-refractivity contribution in [3.05, 3.63) is 41.0 Å². The fourth-order valence-electron chi connectivity index (χ4n) is 4.26. The van der Waals surface area contributed by atoms with Crippen LogP contribution >= 0.6 is 11.3 Å². The van der Waals surface area contributed by atoms with E-state index in [1.54, 1.807) is 5.51 Å². The van der Waals surface area contributed by atoms with Crippen molar-refractivity contribution in [3.8, 4) is 10.4 Å². The summed E-state index contributed by atoms with van der Waals surface area (Å²) in [7, 11) is 0. The van der Waals surface area contributed by atoms with Gasteiger partial charge in [-0.1, -0.05) is 45.0 Å². The van der Waals surface area contributed by atoms with Crippen LogP contribution in [0.1, 0.15) is 58.3 Å². The van der Waals surface area contributed by atoms with Gasteiger partial charge in [0, 0.05) is 19.9 Å². The molecule has 3 rings (SSSR count). The molecule has 0 saturated carbocycles. The highest BCUT2D eigenvalue weighted by atomic mass is 32.1. The SMILES string of the molecule is CC(=O)N[C@H](C(=O)N1C[C@H](O)C[C@H]1C(=O)N[C@@H](C)c1ccc(-c2scnc2CO)cc1)C(C)(C)C. The fraction of sp³-hybridized carbons (Fsp3) is 0.520. The number of hydrogen-bond acceptors (Lipinski definition) is 7. The van der Waals surface area contributed by atoms with Crippen LogP contribution in [0.4, 0.5) is 0 Å². The van der Waals surface area contributed by atoms with Gasteiger partial charge in [-0.25, -0.2) is 4.98 Å². The average molecular weight is 503 g/mol. The number of aromatic nitrogens is 1. The van der Waals surface area contributed by atoms with Gasteiger partial charge in [0.05, 0.1) is 34.8 Å². The van der Waals surface area contributed by atoms with E-state index in [1.165, 1.54) is 23.2 Å². The summed E-state index contributed by atoms with van der Waals surface area (Å²) >= 11 is 1.45. The number of carbonyl (C=O) groups excluding carboxylic acids is 3. The van der Waals surface area contributed by atoms with Gasteiger partial charge in [-0.15, -0.1) is 11.3 Å². The van der Waals surface area contributed by atoms with Gasteiger partial charge in [0.25, 0.3) is 0 Å². The second kappa shape index (κ2) is 10.8. The minimum Gasteiger partial charge on any atom is -0.391 e. The van der Waals surface area contributed by atoms with E-state index in [4.69, 9.17) is 0 Å². The average Bonchev–Trinajstić information content (AvgIpc) is 3.42. The summed E-state index contributed by atoms with van der Waals surface area (Å²) in [6.45, 7) is 8.63. The van der Waals surface area contributed by atoms with Crippen LogP contribution in [0.25, 0.3) is 10.4 Å². The molecule has 190 valence electrons. The van der Waals surface area contributed by atoms with Gasteiger partial charge in [0.15, 0.2) is 0 Å². The third-order valence-electron chi connectivity index (χ3n) is 6.15. The first-order chi connectivity index (χ1) is 16.4. The minimum absolute atomic E-state index is 0.0359. The lowest BCUT2D eigenvalue weighted by atomic mass is 9.85. The third kappa shape index (κ3) is 6.25. The molecule has 1 saturated heterocycles. The van der Waals surface area contributed by atoms with E-state index in [9.17, 15) is 24.6 Å². The van der Waals surface area contributed by atoms with Crippen molar-refractivity contribution in [1.29, 1.82) is 0 Å². The molecule has 10 heteroatoms. The molecule has 2 aromatic rings. The lowest BCUT2D eigenvalue weighted by Gasteiger charge is -2.35. The molecule has 0 radical (unpaired) electrons. The van der Waals surface area contributed by atoms with Crippen LogP contribution in [0.3, 0.4) is 0 Å². The zero-order valence-electron chi connectivity index (χ0n) is 20.7. The first-order valence-electron chi connectivity index (χ1n) is 11.6. The second-order valence-corrected chi connectivity index (χ2v) is 10.9. The Morgan fingerprint density at radius 1 is 1.20 bits per heavy atom. The van der Waals surface area contributed by atoms with Crippen LogP contribution < -0.4 is 10.6 Å². The maximum Gasteiger partial charge on any atom is 0.246 e. The maximum absolute atomic E-state index is 13.3. The first-order valence-corrected chi connectivity index (χ1v) is 12.5. The number of amides is 3. The van der Waals surface area contributed by atoms with Crippen molar-refractivity contribution in [1.82, 2.24) is 20.5 Å². The molecule has 0 aliphatic carbocycles. The summed E-state index contributed by atoms with van der Waals surface area (Å²) in [5.74, 6) is -1.07. The number of thiazole rings is 1. The van der Waals surface area contributed by atoms with Crippen LogP contribution in [0.15, 0.2) is 29.8 Å². The predicted octanol–water partition coefficient (Wildman–Crippen LogP) is 1.99. The second-order valence-electron chi connectivity index (χ2n) is 10.0. The number of carbonyl (C=O) groups is 3. The Balaban J connectivity index is 1.72. The summed E-state index contributed by atoms with van der Waals surface area (Å²) in [6, 6.07) is 5.66. The molecule has 1 aromatic carbocycles. The number of aliphatic hydroxyl groups is 2. The number of hydrogen-bond donors (Lipinski definition) is 4. The van der Waals surface area contributed by atoms with Crippen LogP contribution in [0.2, 0.25) is 0 Å². The van der Waals surface area contributed by atoms with E-state index in [-0.39, 0.29) is 43.3 Å². The number of nitrogens with zero attached hydrogens (tertiary/aromatic N) is 2. The van der Waals surface area contributed by atoms with Gasteiger partial charge >= 0.3 is 0 Å². The van der Waals surface area contributed by atoms with Gasteiger partial charge in [-0.2, -0.15) is 0 Å². The number of rotatable bonds is 7. The van der Waals surface area contributed by atoms with Crippen LogP contribution in [-0.4, -0.2) is 62.6 Å². The Labute approximate surface area is 209 Å². The van der Waals surface area contributed by atoms with Crippen molar-refractivity contribution >= 4 is 29.1 Å². The Bertz CT molecular complexity index is 1060. The molecule has 35 heavy (non-hydrogen) atoms. The molecule has 3 amide bonds. The Hall–Kier alpha value is -2.82. The van der Waals surface area contributed by atoms with E-state index in [2.05, 4.69) is 15.6 Å². The maximum atomic E-state index is 13.3. The molecule has 9 nitrogen and oxygen atoms in total. The topological polar surface area (TPSA) is 132 Å². The van der Waals surface area contributed by atoms with E-state index in [1.807, 2.05) is 52.0 Å². The standard InChI is InChI=1S/C25H34N4O5S/c1-14(16-6-8-17(9-7-16)21-19(12-30)26-13-35-21)27-23(33)20-10-18(32)11-29(20)24(34)22(25(3,4)5)28-15(2)31/h6-9,13-14,18,20,22,30,32H,10-12H2,1-5H3,(H,27,33)(H,28,31)/t14-,18+,20-,22+/m0/s1. The van der Waals surface area contributed by atoms with Crippen LogP contribution in [0.5, 0.6) is 0 Å². The summed E-state index contributed by atoms with van der Waals surface area (Å²) in [5, 5.41) is 25.4. The van der Waals surface area contributed by atoms with Crippen molar-refractivity contribution < 1.29 is 24.6 Å². The monoisotopic (exact) mass is 502 g/mol. The van der Waals surface area contributed by atoms with Gasteiger partial charge in [-0.05, 0) is 23.5 Å². The van der Waals surface area contributed by atoms with Crippen molar-refractivity contribution in [2.24, 2.45) is 5.41 Å².